The number of benzene rings is 10. The van der Waals surface area contributed by atoms with Crippen LogP contribution in [0.2, 0.25) is 0 Å². The Bertz CT molecular complexity index is 3040. The third kappa shape index (κ3) is 3.95. The fourth-order valence-electron chi connectivity index (χ4n) is 9.72. The van der Waals surface area contributed by atoms with Crippen molar-refractivity contribution in [1.29, 1.82) is 0 Å². The number of anilines is 4. The Hall–Kier alpha value is -6.90. The van der Waals surface area contributed by atoms with Crippen molar-refractivity contribution >= 4 is 76.6 Å². The van der Waals surface area contributed by atoms with Crippen molar-refractivity contribution in [3.05, 3.63) is 170 Å². The molecule has 2 aliphatic rings. The summed E-state index contributed by atoms with van der Waals surface area (Å²) in [5.41, 5.74) is 15.1. The lowest BCUT2D eigenvalue weighted by molar-refractivity contribution is 1.19. The number of fused-ring (bicyclic) bond motifs is 10. The first-order valence-corrected chi connectivity index (χ1v) is 18.8. The maximum atomic E-state index is 2.40. The van der Waals surface area contributed by atoms with Gasteiger partial charge in [0.25, 0.3) is 0 Å². The van der Waals surface area contributed by atoms with E-state index in [-0.39, 0.29) is 0 Å². The third-order valence-electron chi connectivity index (χ3n) is 12.3. The first-order valence-electron chi connectivity index (χ1n) is 18.8. The lowest BCUT2D eigenvalue weighted by atomic mass is 9.83. The van der Waals surface area contributed by atoms with Crippen LogP contribution in [-0.2, 0) is 0 Å². The summed E-state index contributed by atoms with van der Waals surface area (Å²) in [7, 11) is 4.46. The quantitative estimate of drug-likeness (QED) is 0.167. The average molecular weight is 687 g/mol. The minimum Gasteiger partial charge on any atom is -0.344 e. The standard InChI is InChI=1S/C52H34N2/c1-53-47-25-26-48-52-44(42-22-20-34(30-50(42)54(48)2)46-28-32-12-4-6-14-36(32)38-16-8-10-18-40(38)46)24-23-43(51(47)52)41-21-19-33(29-49(41)53)45-27-31-11-3-5-13-35(31)37-15-7-9-17-39(37)45/h3-30H,1-2H3. The molecule has 0 fully saturated rings. The molecule has 0 saturated carbocycles. The van der Waals surface area contributed by atoms with Crippen molar-refractivity contribution in [3.63, 3.8) is 0 Å². The molecule has 54 heavy (non-hydrogen) atoms. The molecule has 2 heterocycles. The maximum absolute atomic E-state index is 2.40. The summed E-state index contributed by atoms with van der Waals surface area (Å²) in [6.07, 6.45) is 0. The van der Waals surface area contributed by atoms with Gasteiger partial charge in [-0.25, -0.2) is 0 Å². The highest BCUT2D eigenvalue weighted by atomic mass is 15.1. The van der Waals surface area contributed by atoms with Crippen LogP contribution in [0.3, 0.4) is 0 Å². The van der Waals surface area contributed by atoms with Crippen molar-refractivity contribution in [2.75, 3.05) is 23.9 Å². The monoisotopic (exact) mass is 686 g/mol. The van der Waals surface area contributed by atoms with E-state index in [1.54, 1.807) is 0 Å². The fraction of sp³-hybridized carbons (Fsp3) is 0.0385. The van der Waals surface area contributed by atoms with E-state index in [4.69, 9.17) is 0 Å². The van der Waals surface area contributed by atoms with Gasteiger partial charge < -0.3 is 9.80 Å². The van der Waals surface area contributed by atoms with Crippen LogP contribution in [0.15, 0.2) is 170 Å². The molecule has 252 valence electrons. The second kappa shape index (κ2) is 10.8. The fourth-order valence-corrected chi connectivity index (χ4v) is 9.72. The summed E-state index contributed by atoms with van der Waals surface area (Å²) in [4.78, 5) is 4.81. The van der Waals surface area contributed by atoms with Crippen molar-refractivity contribution in [3.8, 4) is 44.5 Å². The molecule has 2 aliphatic heterocycles. The Morgan fingerprint density at radius 2 is 0.648 bits per heavy atom. The SMILES string of the molecule is CN1c2cc(-c3cc4ccccc4c4ccccc34)ccc2-c2ccc3c4c(ccc1c24)N(C)c1cc(-c2cc4ccccc4c4ccccc24)ccc1-3. The smallest absolute Gasteiger partial charge is 0.0496 e. The molecule has 10 aromatic rings. The van der Waals surface area contributed by atoms with E-state index in [0.29, 0.717) is 0 Å². The zero-order valence-electron chi connectivity index (χ0n) is 30.1. The number of hydrogen-bond acceptors (Lipinski definition) is 2. The van der Waals surface area contributed by atoms with Crippen LogP contribution in [0.1, 0.15) is 0 Å². The van der Waals surface area contributed by atoms with Gasteiger partial charge in [-0.1, -0.05) is 133 Å². The van der Waals surface area contributed by atoms with Gasteiger partial charge in [0.15, 0.2) is 0 Å². The Labute approximate surface area is 313 Å². The molecule has 0 unspecified atom stereocenters. The molecule has 0 aliphatic carbocycles. The van der Waals surface area contributed by atoms with E-state index in [1.165, 1.54) is 121 Å². The van der Waals surface area contributed by atoms with Crippen molar-refractivity contribution < 1.29 is 0 Å². The summed E-state index contributed by atoms with van der Waals surface area (Å²) in [5.74, 6) is 0. The molecular formula is C52H34N2. The largest absolute Gasteiger partial charge is 0.344 e. The zero-order chi connectivity index (χ0) is 35.7. The lowest BCUT2D eigenvalue weighted by Crippen LogP contribution is -2.19. The summed E-state index contributed by atoms with van der Waals surface area (Å²) < 4.78 is 0. The summed E-state index contributed by atoms with van der Waals surface area (Å²) in [5, 5.41) is 12.9. The van der Waals surface area contributed by atoms with Crippen LogP contribution >= 0.6 is 0 Å². The van der Waals surface area contributed by atoms with Gasteiger partial charge >= 0.3 is 0 Å². The normalized spacial score (nSPS) is 12.9. The first-order chi connectivity index (χ1) is 26.6. The van der Waals surface area contributed by atoms with Crippen molar-refractivity contribution in [2.24, 2.45) is 0 Å². The average Bonchev–Trinajstić information content (AvgIpc) is 3.24. The van der Waals surface area contributed by atoms with E-state index in [2.05, 4.69) is 194 Å². The number of hydrogen-bond donors (Lipinski definition) is 0. The van der Waals surface area contributed by atoms with Gasteiger partial charge in [0.1, 0.15) is 0 Å². The van der Waals surface area contributed by atoms with E-state index in [0.717, 1.165) is 0 Å². The third-order valence-corrected chi connectivity index (χ3v) is 12.3. The molecular weight excluding hydrogens is 653 g/mol. The van der Waals surface area contributed by atoms with E-state index >= 15 is 0 Å². The summed E-state index contributed by atoms with van der Waals surface area (Å²) in [6.45, 7) is 0. The molecule has 0 radical (unpaired) electrons. The van der Waals surface area contributed by atoms with E-state index in [1.807, 2.05) is 0 Å². The second-order valence-corrected chi connectivity index (χ2v) is 15.0. The molecule has 0 bridgehead atoms. The highest BCUT2D eigenvalue weighted by Crippen LogP contribution is 2.56. The Morgan fingerprint density at radius 3 is 1.09 bits per heavy atom. The van der Waals surface area contributed by atoms with Crippen molar-refractivity contribution in [1.82, 2.24) is 0 Å². The van der Waals surface area contributed by atoms with E-state index in [9.17, 15) is 0 Å². The first kappa shape index (κ1) is 29.7. The highest BCUT2D eigenvalue weighted by Gasteiger charge is 2.30. The van der Waals surface area contributed by atoms with Crippen molar-refractivity contribution in [2.45, 2.75) is 0 Å². The van der Waals surface area contributed by atoms with Gasteiger partial charge in [-0.3, -0.25) is 0 Å². The molecule has 2 heteroatoms. The lowest BCUT2D eigenvalue weighted by Gasteiger charge is -2.36. The van der Waals surface area contributed by atoms with Crippen LogP contribution in [0.5, 0.6) is 0 Å². The minimum absolute atomic E-state index is 1.23. The maximum Gasteiger partial charge on any atom is 0.0496 e. The Morgan fingerprint density at radius 1 is 0.278 bits per heavy atom. The van der Waals surface area contributed by atoms with Gasteiger partial charge in [-0.05, 0) is 113 Å². The van der Waals surface area contributed by atoms with Gasteiger partial charge in [-0.15, -0.1) is 0 Å². The van der Waals surface area contributed by atoms with Gasteiger partial charge in [0.2, 0.25) is 0 Å². The molecule has 0 saturated heterocycles. The topological polar surface area (TPSA) is 6.48 Å². The molecule has 12 rings (SSSR count). The number of nitrogens with zero attached hydrogens (tertiary/aromatic N) is 2. The van der Waals surface area contributed by atoms with Crippen LogP contribution in [-0.4, -0.2) is 14.1 Å². The van der Waals surface area contributed by atoms with Gasteiger partial charge in [0, 0.05) is 58.7 Å². The predicted octanol–water partition coefficient (Wildman–Crippen LogP) is 14.3. The van der Waals surface area contributed by atoms with E-state index < -0.39 is 0 Å². The highest BCUT2D eigenvalue weighted by molar-refractivity contribution is 6.23. The zero-order valence-corrected chi connectivity index (χ0v) is 30.1. The van der Waals surface area contributed by atoms with Gasteiger partial charge in [-0.2, -0.15) is 0 Å². The second-order valence-electron chi connectivity index (χ2n) is 15.0. The number of rotatable bonds is 2. The van der Waals surface area contributed by atoms with Gasteiger partial charge in [0.05, 0.1) is 0 Å². The molecule has 0 N–H and O–H groups in total. The van der Waals surface area contributed by atoms with Crippen LogP contribution < -0.4 is 9.80 Å². The summed E-state index contributed by atoms with van der Waals surface area (Å²) >= 11 is 0. The van der Waals surface area contributed by atoms with Crippen LogP contribution in [0.4, 0.5) is 22.7 Å². The molecule has 0 spiro atoms. The molecule has 0 amide bonds. The molecule has 0 atom stereocenters. The molecule has 10 aromatic carbocycles. The Kier molecular flexibility index (Phi) is 5.94. The Balaban J connectivity index is 1.02. The minimum atomic E-state index is 1.23. The predicted molar refractivity (Wildman–Crippen MR) is 232 cm³/mol. The van der Waals surface area contributed by atoms with Crippen LogP contribution in [0, 0.1) is 0 Å². The molecule has 0 aromatic heterocycles. The molecule has 2 nitrogen and oxygen atoms in total. The van der Waals surface area contributed by atoms with Crippen LogP contribution in [0.25, 0.3) is 98.4 Å². The summed E-state index contributed by atoms with van der Waals surface area (Å²) in [6, 6.07) is 63.4.